The van der Waals surface area contributed by atoms with Gasteiger partial charge >= 0.3 is 5.97 Å². The third-order valence-electron chi connectivity index (χ3n) is 8.10. The van der Waals surface area contributed by atoms with E-state index in [-0.39, 0.29) is 22.8 Å². The molecule has 4 rings (SSSR count). The van der Waals surface area contributed by atoms with E-state index in [1.54, 1.807) is 0 Å². The molecule has 0 aromatic heterocycles. The highest BCUT2D eigenvalue weighted by Crippen LogP contribution is 2.36. The lowest BCUT2D eigenvalue weighted by Gasteiger charge is -2.38. The summed E-state index contributed by atoms with van der Waals surface area (Å²) in [5.74, 6) is 0.356. The van der Waals surface area contributed by atoms with E-state index in [9.17, 15) is 14.7 Å². The van der Waals surface area contributed by atoms with Crippen molar-refractivity contribution in [2.24, 2.45) is 17.8 Å². The Balaban J connectivity index is 1.30. The number of halogens is 1. The van der Waals surface area contributed by atoms with Crippen molar-refractivity contribution in [1.29, 1.82) is 0 Å². The zero-order chi connectivity index (χ0) is 23.2. The minimum Gasteiger partial charge on any atom is -0.481 e. The minimum atomic E-state index is -0.833. The fraction of sp³-hybridized carbons (Fsp3) is 0.913. The molecule has 3 saturated carbocycles. The average Bonchev–Trinajstić information content (AvgIpc) is 3.31. The predicted octanol–water partition coefficient (Wildman–Crippen LogP) is 3.34. The summed E-state index contributed by atoms with van der Waals surface area (Å²) in [7, 11) is 0. The van der Waals surface area contributed by atoms with E-state index in [2.05, 4.69) is 21.8 Å². The van der Waals surface area contributed by atoms with Crippen LogP contribution in [0.3, 0.4) is 0 Å². The molecule has 188 valence electrons. The van der Waals surface area contributed by atoms with Crippen LogP contribution in [0, 0.1) is 17.8 Å². The monoisotopic (exact) mass is 501 g/mol. The van der Waals surface area contributed by atoms with Crippen LogP contribution in [0.15, 0.2) is 0 Å². The molecule has 0 aromatic rings. The maximum atomic E-state index is 13.0. The third kappa shape index (κ3) is 6.76. The van der Waals surface area contributed by atoms with Gasteiger partial charge in [0, 0.05) is 17.5 Å². The Kier molecular flexibility index (Phi) is 9.59. The molecular weight excluding hydrogens is 462 g/mol. The number of amides is 1. The Morgan fingerprint density at radius 1 is 1.00 bits per heavy atom. The molecule has 0 radical (unpaired) electrons. The first kappa shape index (κ1) is 25.5. The van der Waals surface area contributed by atoms with Gasteiger partial charge in [-0.05, 0) is 56.8 Å². The molecule has 0 spiro atoms. The summed E-state index contributed by atoms with van der Waals surface area (Å²) in [4.78, 5) is 24.6. The summed E-state index contributed by atoms with van der Waals surface area (Å²) in [5.41, 5.74) is 9.05. The lowest BCUT2D eigenvalue weighted by molar-refractivity contribution is -0.143. The Morgan fingerprint density at radius 2 is 1.64 bits per heavy atom. The van der Waals surface area contributed by atoms with Crippen molar-refractivity contribution < 1.29 is 14.7 Å². The molecule has 10 heteroatoms. The Labute approximate surface area is 206 Å². The lowest BCUT2D eigenvalue weighted by atomic mass is 9.74. The topological polar surface area (TPSA) is 106 Å². The van der Waals surface area contributed by atoms with E-state index in [1.807, 2.05) is 5.01 Å². The molecule has 3 aliphatic carbocycles. The average molecular weight is 502 g/mol. The van der Waals surface area contributed by atoms with Gasteiger partial charge in [0.2, 0.25) is 5.91 Å². The first-order valence-electron chi connectivity index (χ1n) is 12.9. The summed E-state index contributed by atoms with van der Waals surface area (Å²) in [6.07, 6.45) is 14.8. The minimum absolute atomic E-state index is 0.0430. The smallest absolute Gasteiger partial charge is 0.308 e. The maximum absolute atomic E-state index is 13.0. The molecule has 0 bridgehead atoms. The quantitative estimate of drug-likeness (QED) is 0.322. The van der Waals surface area contributed by atoms with Gasteiger partial charge in [-0.15, -0.1) is 23.4 Å². The van der Waals surface area contributed by atoms with E-state index in [4.69, 9.17) is 11.6 Å². The number of carboxylic acid groups (broad SMARTS) is 1. The number of alkyl halides is 1. The van der Waals surface area contributed by atoms with Crippen molar-refractivity contribution in [3.8, 4) is 0 Å². The number of rotatable bonds is 8. The summed E-state index contributed by atoms with van der Waals surface area (Å²) >= 11 is 7.79. The first-order chi connectivity index (χ1) is 16.0. The first-order valence-corrected chi connectivity index (χ1v) is 14.3. The van der Waals surface area contributed by atoms with Gasteiger partial charge in [0.15, 0.2) is 0 Å². The van der Waals surface area contributed by atoms with Gasteiger partial charge in [-0.25, -0.2) is 5.43 Å². The molecule has 33 heavy (non-hydrogen) atoms. The van der Waals surface area contributed by atoms with Gasteiger partial charge in [-0.2, -0.15) is 16.1 Å². The molecule has 4 aliphatic rings. The molecule has 8 nitrogen and oxygen atoms in total. The van der Waals surface area contributed by atoms with Crippen LogP contribution in [0.1, 0.15) is 83.5 Å². The fourth-order valence-corrected chi connectivity index (χ4v) is 7.56. The number of thioether (sulfide) groups is 1. The summed E-state index contributed by atoms with van der Waals surface area (Å²) < 4.78 is 0. The molecule has 4 unspecified atom stereocenters. The number of hydrogen-bond donors (Lipinski definition) is 5. The van der Waals surface area contributed by atoms with Crippen LogP contribution >= 0.6 is 23.4 Å². The Hall–Kier alpha value is -0.580. The van der Waals surface area contributed by atoms with Crippen molar-refractivity contribution in [1.82, 2.24) is 26.8 Å². The number of carbonyl (C=O) groups is 2. The zero-order valence-electron chi connectivity index (χ0n) is 19.4. The second-order valence-electron chi connectivity index (χ2n) is 10.3. The number of nitrogens with zero attached hydrogens (tertiary/aromatic N) is 1. The van der Waals surface area contributed by atoms with Crippen molar-refractivity contribution in [2.75, 3.05) is 5.75 Å². The van der Waals surface area contributed by atoms with Crippen LogP contribution in [-0.4, -0.2) is 50.7 Å². The van der Waals surface area contributed by atoms with Gasteiger partial charge < -0.3 is 10.4 Å². The number of carboxylic acids is 1. The molecule has 1 aliphatic heterocycles. The molecule has 1 heterocycles. The molecule has 4 atom stereocenters. The van der Waals surface area contributed by atoms with Crippen LogP contribution in [0.4, 0.5) is 0 Å². The van der Waals surface area contributed by atoms with Crippen LogP contribution < -0.4 is 21.8 Å². The molecular formula is C23H40ClN5O3S. The van der Waals surface area contributed by atoms with E-state index in [0.29, 0.717) is 36.5 Å². The van der Waals surface area contributed by atoms with Crippen LogP contribution in [-0.2, 0) is 9.59 Å². The van der Waals surface area contributed by atoms with E-state index < -0.39 is 11.9 Å². The molecule has 5 N–H and O–H groups in total. The highest BCUT2D eigenvalue weighted by molar-refractivity contribution is 8.00. The van der Waals surface area contributed by atoms with Gasteiger partial charge in [0.05, 0.1) is 11.7 Å². The normalized spacial score (nSPS) is 32.8. The molecule has 4 fully saturated rings. The second kappa shape index (κ2) is 12.4. The van der Waals surface area contributed by atoms with Gasteiger partial charge in [0.1, 0.15) is 5.50 Å². The van der Waals surface area contributed by atoms with Crippen LogP contribution in [0.25, 0.3) is 0 Å². The largest absolute Gasteiger partial charge is 0.481 e. The van der Waals surface area contributed by atoms with Crippen LogP contribution in [0.5, 0.6) is 0 Å². The third-order valence-corrected chi connectivity index (χ3v) is 9.71. The number of aliphatic carboxylic acids is 1. The molecule has 0 aromatic carbocycles. The summed E-state index contributed by atoms with van der Waals surface area (Å²) in [6.45, 7) is 0. The number of hydrazine groups is 3. The highest BCUT2D eigenvalue weighted by atomic mass is 35.5. The van der Waals surface area contributed by atoms with E-state index in [1.165, 1.54) is 76.0 Å². The summed E-state index contributed by atoms with van der Waals surface area (Å²) in [5, 5.41) is 14.6. The predicted molar refractivity (Wildman–Crippen MR) is 131 cm³/mol. The van der Waals surface area contributed by atoms with Crippen molar-refractivity contribution >= 4 is 35.2 Å². The van der Waals surface area contributed by atoms with E-state index in [0.717, 1.165) is 6.42 Å². The highest BCUT2D eigenvalue weighted by Gasteiger charge is 2.40. The van der Waals surface area contributed by atoms with Crippen molar-refractivity contribution in [2.45, 2.75) is 106 Å². The zero-order valence-corrected chi connectivity index (χ0v) is 21.0. The lowest BCUT2D eigenvalue weighted by Crippen LogP contribution is -2.51. The number of carbonyl (C=O) groups excluding carboxylic acids is 1. The molecule has 1 saturated heterocycles. The number of nitrogens with one attached hydrogen (secondary N) is 4. The van der Waals surface area contributed by atoms with Crippen molar-refractivity contribution in [3.63, 3.8) is 0 Å². The fourth-order valence-electron chi connectivity index (χ4n) is 6.30. The van der Waals surface area contributed by atoms with Crippen molar-refractivity contribution in [3.05, 3.63) is 0 Å². The SMILES string of the molecule is O=C(CSC1NNNN1C1CCC(Cl)C(C(=O)O)C1)NC(C1CCCCC1)C1CCCCC1. The van der Waals surface area contributed by atoms with E-state index >= 15 is 0 Å². The van der Waals surface area contributed by atoms with Gasteiger partial charge in [0.25, 0.3) is 0 Å². The molecule has 1 amide bonds. The summed E-state index contributed by atoms with van der Waals surface area (Å²) in [6, 6.07) is 0.360. The maximum Gasteiger partial charge on any atom is 0.308 e. The van der Waals surface area contributed by atoms with Crippen LogP contribution in [0.2, 0.25) is 0 Å². The second-order valence-corrected chi connectivity index (χ2v) is 11.9. The standard InChI is InChI=1S/C23H40ClN5O3S/c24-19-12-11-17(13-18(19)22(31)32)29-23(26-27-28-29)33-14-20(30)25-21(15-7-3-1-4-8-15)16-9-5-2-6-10-16/h15-19,21,23,26-28H,1-14H2,(H,25,30)(H,31,32). The Morgan fingerprint density at radius 3 is 2.24 bits per heavy atom. The van der Waals surface area contributed by atoms with Gasteiger partial charge in [-0.1, -0.05) is 38.5 Å². The van der Waals surface area contributed by atoms with Gasteiger partial charge in [-0.3, -0.25) is 9.59 Å². The number of hydrogen-bond acceptors (Lipinski definition) is 7. The Bertz CT molecular complexity index is 644.